The smallest absolute Gasteiger partial charge is 0.370 e. The van der Waals surface area contributed by atoms with Gasteiger partial charge in [-0.05, 0) is 72.3 Å². The minimum absolute atomic E-state index is 0.106. The monoisotopic (exact) mass is 428 g/mol. The minimum Gasteiger partial charge on any atom is -0.481 e. The highest BCUT2D eigenvalue weighted by molar-refractivity contribution is 5.69. The fraction of sp³-hybridized carbons (Fsp3) is 0.500. The number of hydrogen-bond acceptors (Lipinski definition) is 2. The van der Waals surface area contributed by atoms with Crippen LogP contribution in [0.25, 0.3) is 0 Å². The third-order valence-electron chi connectivity index (χ3n) is 5.09. The molecule has 5 heteroatoms. The van der Waals surface area contributed by atoms with Crippen LogP contribution in [-0.4, -0.2) is 22.2 Å². The third-order valence-corrected chi connectivity index (χ3v) is 5.09. The number of carbonyl (C=O) groups is 2. The molecule has 0 radical (unpaired) electrons. The summed E-state index contributed by atoms with van der Waals surface area (Å²) in [6.45, 7) is 8.47. The summed E-state index contributed by atoms with van der Waals surface area (Å²) in [5, 5.41) is 18.1. The molecule has 170 valence electrons. The molecular formula is C26H38NO4+. The van der Waals surface area contributed by atoms with E-state index in [1.165, 1.54) is 16.7 Å². The molecule has 0 saturated carbocycles. The van der Waals surface area contributed by atoms with Gasteiger partial charge in [-0.2, -0.15) is 4.57 Å². The first-order valence-corrected chi connectivity index (χ1v) is 11.1. The van der Waals surface area contributed by atoms with E-state index in [-0.39, 0.29) is 13.0 Å². The van der Waals surface area contributed by atoms with Crippen molar-refractivity contribution in [2.24, 2.45) is 0 Å². The molecule has 0 unspecified atom stereocenters. The zero-order chi connectivity index (χ0) is 23.2. The van der Waals surface area contributed by atoms with Crippen LogP contribution in [0.5, 0.6) is 0 Å². The Bertz CT molecular complexity index is 830. The second-order valence-electron chi connectivity index (χ2n) is 8.47. The average Bonchev–Trinajstić information content (AvgIpc) is 2.65. The van der Waals surface area contributed by atoms with Crippen LogP contribution in [0.3, 0.4) is 0 Å². The number of pyridine rings is 1. The van der Waals surface area contributed by atoms with Crippen LogP contribution < -0.4 is 4.57 Å². The highest BCUT2D eigenvalue weighted by Gasteiger charge is 2.16. The lowest BCUT2D eigenvalue weighted by Crippen LogP contribution is -2.42. The van der Waals surface area contributed by atoms with E-state index >= 15 is 0 Å². The van der Waals surface area contributed by atoms with Gasteiger partial charge in [0.25, 0.3) is 0 Å². The zero-order valence-corrected chi connectivity index (χ0v) is 19.5. The number of aromatic nitrogens is 1. The van der Waals surface area contributed by atoms with Gasteiger partial charge in [-0.15, -0.1) is 0 Å². The van der Waals surface area contributed by atoms with Gasteiger partial charge in [0.05, 0.1) is 6.42 Å². The number of rotatable bonds is 14. The Morgan fingerprint density at radius 2 is 1.48 bits per heavy atom. The summed E-state index contributed by atoms with van der Waals surface area (Å²) in [5.74, 6) is -1.85. The highest BCUT2D eigenvalue weighted by atomic mass is 16.4. The molecule has 0 aliphatic carbocycles. The molecule has 1 heterocycles. The molecule has 0 aliphatic rings. The Morgan fingerprint density at radius 1 is 0.871 bits per heavy atom. The summed E-state index contributed by atoms with van der Waals surface area (Å²) in [5.41, 5.74) is 5.72. The van der Waals surface area contributed by atoms with Crippen molar-refractivity contribution < 1.29 is 24.4 Å². The van der Waals surface area contributed by atoms with Crippen molar-refractivity contribution in [1.82, 2.24) is 0 Å². The first kappa shape index (κ1) is 26.3. The molecule has 0 fully saturated rings. The standard InChI is InChI=1S/C26H37NO4/c1-20(2)9-7-11-22(4)13-8-12-21(3)10-5-6-14-24-16-15-23(17-25(28)29)18-27(24)19-26(30)31/h9-10,13,15-16,18H,5-8,11-12,14,17,19H2,1-4H3,(H-,28,29,30,31)/p+1/b21-10+,22-13+. The second kappa shape index (κ2) is 14.3. The lowest BCUT2D eigenvalue weighted by Gasteiger charge is -2.05. The van der Waals surface area contributed by atoms with Crippen molar-refractivity contribution >= 4 is 11.9 Å². The molecule has 0 amide bonds. The van der Waals surface area contributed by atoms with Crippen molar-refractivity contribution in [3.8, 4) is 0 Å². The number of aliphatic carboxylic acids is 2. The normalized spacial score (nSPS) is 12.0. The summed E-state index contributed by atoms with van der Waals surface area (Å²) in [4.78, 5) is 22.1. The van der Waals surface area contributed by atoms with Crippen molar-refractivity contribution in [1.29, 1.82) is 0 Å². The van der Waals surface area contributed by atoms with Crippen LogP contribution in [0.2, 0.25) is 0 Å². The highest BCUT2D eigenvalue weighted by Crippen LogP contribution is 2.13. The number of allylic oxidation sites excluding steroid dienone is 6. The van der Waals surface area contributed by atoms with E-state index in [1.54, 1.807) is 16.8 Å². The van der Waals surface area contributed by atoms with Gasteiger partial charge in [-0.3, -0.25) is 4.79 Å². The van der Waals surface area contributed by atoms with Crippen LogP contribution in [0, 0.1) is 0 Å². The molecule has 0 atom stereocenters. The summed E-state index contributed by atoms with van der Waals surface area (Å²) < 4.78 is 1.65. The maximum Gasteiger partial charge on any atom is 0.370 e. The zero-order valence-electron chi connectivity index (χ0n) is 19.5. The molecular weight excluding hydrogens is 390 g/mol. The molecule has 0 spiro atoms. The topological polar surface area (TPSA) is 78.5 Å². The maximum atomic E-state index is 11.2. The van der Waals surface area contributed by atoms with Gasteiger partial charge in [0, 0.05) is 18.1 Å². The van der Waals surface area contributed by atoms with Crippen LogP contribution >= 0.6 is 0 Å². The number of carboxylic acid groups (broad SMARTS) is 2. The number of nitrogens with zero attached hydrogens (tertiary/aromatic N) is 1. The molecule has 0 aromatic carbocycles. The summed E-state index contributed by atoms with van der Waals surface area (Å²) in [6, 6.07) is 3.62. The fourth-order valence-electron chi connectivity index (χ4n) is 3.39. The molecule has 2 N–H and O–H groups in total. The minimum atomic E-state index is -0.932. The van der Waals surface area contributed by atoms with Crippen LogP contribution in [0.15, 0.2) is 53.3 Å². The molecule has 0 aliphatic heterocycles. The van der Waals surface area contributed by atoms with Gasteiger partial charge in [-0.1, -0.05) is 34.9 Å². The molecule has 1 aromatic heterocycles. The predicted molar refractivity (Wildman–Crippen MR) is 124 cm³/mol. The molecule has 0 saturated heterocycles. The number of hydrogen-bond donors (Lipinski definition) is 2. The SMILES string of the molecule is CC(C)=CCC/C(C)=C/CC/C(C)=C/CCCc1ccc(CC(=O)O)c[n+]1CC(=O)O. The van der Waals surface area contributed by atoms with E-state index in [4.69, 9.17) is 10.2 Å². The van der Waals surface area contributed by atoms with Gasteiger partial charge in [0.15, 0.2) is 11.9 Å². The van der Waals surface area contributed by atoms with E-state index in [9.17, 15) is 9.59 Å². The van der Waals surface area contributed by atoms with E-state index in [0.29, 0.717) is 5.56 Å². The molecule has 31 heavy (non-hydrogen) atoms. The number of carboxylic acids is 2. The van der Waals surface area contributed by atoms with Gasteiger partial charge in [0.2, 0.25) is 6.54 Å². The van der Waals surface area contributed by atoms with Crippen LogP contribution in [-0.2, 0) is 29.0 Å². The fourth-order valence-corrected chi connectivity index (χ4v) is 3.39. The maximum absolute atomic E-state index is 11.2. The Labute approximate surface area is 186 Å². The van der Waals surface area contributed by atoms with Crippen molar-refractivity contribution in [2.75, 3.05) is 0 Å². The van der Waals surface area contributed by atoms with E-state index in [1.807, 2.05) is 6.07 Å². The average molecular weight is 429 g/mol. The lowest BCUT2D eigenvalue weighted by molar-refractivity contribution is -0.693. The Balaban J connectivity index is 2.51. The van der Waals surface area contributed by atoms with E-state index < -0.39 is 11.9 Å². The van der Waals surface area contributed by atoms with E-state index in [0.717, 1.165) is 50.6 Å². The van der Waals surface area contributed by atoms with Crippen molar-refractivity contribution in [3.05, 3.63) is 64.5 Å². The first-order chi connectivity index (χ1) is 14.7. The van der Waals surface area contributed by atoms with Crippen LogP contribution in [0.1, 0.15) is 77.5 Å². The van der Waals surface area contributed by atoms with Crippen molar-refractivity contribution in [3.63, 3.8) is 0 Å². The summed E-state index contributed by atoms with van der Waals surface area (Å²) in [7, 11) is 0. The van der Waals surface area contributed by atoms with E-state index in [2.05, 4.69) is 45.9 Å². The number of unbranched alkanes of at least 4 members (excludes halogenated alkanes) is 1. The van der Waals surface area contributed by atoms with Gasteiger partial charge < -0.3 is 10.2 Å². The summed E-state index contributed by atoms with van der Waals surface area (Å²) in [6.07, 6.45) is 15.4. The van der Waals surface area contributed by atoms with Gasteiger partial charge >= 0.3 is 11.9 Å². The second-order valence-corrected chi connectivity index (χ2v) is 8.47. The van der Waals surface area contributed by atoms with Crippen LogP contribution in [0.4, 0.5) is 0 Å². The van der Waals surface area contributed by atoms with Crippen molar-refractivity contribution in [2.45, 2.75) is 85.6 Å². The Hall–Kier alpha value is -2.69. The molecule has 1 rings (SSSR count). The number of aryl methyl sites for hydroxylation is 1. The van der Waals surface area contributed by atoms with Gasteiger partial charge in [-0.25, -0.2) is 4.79 Å². The largest absolute Gasteiger partial charge is 0.481 e. The van der Waals surface area contributed by atoms with Gasteiger partial charge in [0.1, 0.15) is 0 Å². The lowest BCUT2D eigenvalue weighted by atomic mass is 10.0. The Kier molecular flexibility index (Phi) is 12.2. The molecule has 5 nitrogen and oxygen atoms in total. The molecule has 1 aromatic rings. The summed E-state index contributed by atoms with van der Waals surface area (Å²) >= 11 is 0. The Morgan fingerprint density at radius 3 is 2.06 bits per heavy atom. The quantitative estimate of drug-likeness (QED) is 0.235. The predicted octanol–water partition coefficient (Wildman–Crippen LogP) is 5.43. The molecule has 0 bridgehead atoms. The third kappa shape index (κ3) is 12.6. The first-order valence-electron chi connectivity index (χ1n) is 11.1.